The second kappa shape index (κ2) is 7.66. The number of amides is 1. The first-order chi connectivity index (χ1) is 13.1. The van der Waals surface area contributed by atoms with Crippen LogP contribution >= 0.6 is 22.9 Å². The standard InChI is InChI=1S/C18H18ClN5O2S/c19-14-2-1-3-15(21-14)22-7-9-23(10-8-22)16(25)4-6-24-12-20-17-13(18(24)26)5-11-27-17/h1-3,5,11-12H,4,6-10H2. The predicted octanol–water partition coefficient (Wildman–Crippen LogP) is 2.25. The van der Waals surface area contributed by atoms with Gasteiger partial charge in [-0.25, -0.2) is 9.97 Å². The molecule has 7 nitrogen and oxygen atoms in total. The van der Waals surface area contributed by atoms with Crippen LogP contribution in [0.15, 0.2) is 40.8 Å². The van der Waals surface area contributed by atoms with Crippen molar-refractivity contribution in [2.75, 3.05) is 31.1 Å². The fraction of sp³-hybridized carbons (Fsp3) is 0.333. The second-order valence-electron chi connectivity index (χ2n) is 6.32. The summed E-state index contributed by atoms with van der Waals surface area (Å²) in [4.78, 5) is 38.2. The largest absolute Gasteiger partial charge is 0.353 e. The molecule has 1 amide bonds. The number of thiophene rings is 1. The van der Waals surface area contributed by atoms with Gasteiger partial charge in [0, 0.05) is 39.1 Å². The van der Waals surface area contributed by atoms with Crippen molar-refractivity contribution in [1.82, 2.24) is 19.4 Å². The number of aromatic nitrogens is 3. The average Bonchev–Trinajstić information content (AvgIpc) is 3.17. The summed E-state index contributed by atoms with van der Waals surface area (Å²) in [5, 5.41) is 2.92. The topological polar surface area (TPSA) is 71.3 Å². The fourth-order valence-corrected chi connectivity index (χ4v) is 4.07. The molecule has 0 aromatic carbocycles. The van der Waals surface area contributed by atoms with Crippen LogP contribution in [-0.2, 0) is 11.3 Å². The van der Waals surface area contributed by atoms with E-state index >= 15 is 0 Å². The summed E-state index contributed by atoms with van der Waals surface area (Å²) >= 11 is 7.39. The van der Waals surface area contributed by atoms with E-state index in [4.69, 9.17) is 11.6 Å². The van der Waals surface area contributed by atoms with Gasteiger partial charge >= 0.3 is 0 Å². The van der Waals surface area contributed by atoms with Crippen LogP contribution in [0.3, 0.4) is 0 Å². The number of carbonyl (C=O) groups is 1. The van der Waals surface area contributed by atoms with Gasteiger partial charge < -0.3 is 9.80 Å². The Morgan fingerprint density at radius 3 is 2.78 bits per heavy atom. The van der Waals surface area contributed by atoms with Crippen LogP contribution in [0.4, 0.5) is 5.82 Å². The molecule has 0 N–H and O–H groups in total. The minimum atomic E-state index is -0.0918. The third-order valence-electron chi connectivity index (χ3n) is 4.67. The van der Waals surface area contributed by atoms with Gasteiger partial charge in [0.05, 0.1) is 11.7 Å². The number of fused-ring (bicyclic) bond motifs is 1. The van der Waals surface area contributed by atoms with E-state index < -0.39 is 0 Å². The van der Waals surface area contributed by atoms with Crippen LogP contribution in [-0.4, -0.2) is 51.5 Å². The Labute approximate surface area is 164 Å². The van der Waals surface area contributed by atoms with E-state index in [2.05, 4.69) is 14.9 Å². The van der Waals surface area contributed by atoms with Gasteiger partial charge in [-0.1, -0.05) is 17.7 Å². The van der Waals surface area contributed by atoms with Gasteiger partial charge in [-0.2, -0.15) is 0 Å². The number of anilines is 1. The van der Waals surface area contributed by atoms with Gasteiger partial charge in [0.15, 0.2) is 0 Å². The minimum absolute atomic E-state index is 0.0472. The van der Waals surface area contributed by atoms with Crippen LogP contribution in [0.5, 0.6) is 0 Å². The van der Waals surface area contributed by atoms with Crippen molar-refractivity contribution in [2.24, 2.45) is 0 Å². The Morgan fingerprint density at radius 1 is 1.19 bits per heavy atom. The summed E-state index contributed by atoms with van der Waals surface area (Å²) in [5.41, 5.74) is -0.0918. The molecule has 0 saturated carbocycles. The zero-order valence-electron chi connectivity index (χ0n) is 14.5. The van der Waals surface area contributed by atoms with Crippen LogP contribution in [0.25, 0.3) is 10.2 Å². The second-order valence-corrected chi connectivity index (χ2v) is 7.60. The van der Waals surface area contributed by atoms with Crippen molar-refractivity contribution in [3.63, 3.8) is 0 Å². The van der Waals surface area contributed by atoms with Crippen molar-refractivity contribution in [1.29, 1.82) is 0 Å². The number of nitrogens with zero attached hydrogens (tertiary/aromatic N) is 5. The van der Waals surface area contributed by atoms with Gasteiger partial charge in [0.2, 0.25) is 5.91 Å². The fourth-order valence-electron chi connectivity index (χ4n) is 3.19. The Morgan fingerprint density at radius 2 is 2.00 bits per heavy atom. The number of halogens is 1. The van der Waals surface area contributed by atoms with E-state index in [1.54, 1.807) is 12.1 Å². The molecule has 3 aromatic rings. The quantitative estimate of drug-likeness (QED) is 0.625. The van der Waals surface area contributed by atoms with Crippen LogP contribution in [0.1, 0.15) is 6.42 Å². The SMILES string of the molecule is O=C(CCn1cnc2sccc2c1=O)N1CCN(c2cccc(Cl)n2)CC1. The van der Waals surface area contributed by atoms with Crippen molar-refractivity contribution >= 4 is 44.9 Å². The number of hydrogen-bond acceptors (Lipinski definition) is 6. The summed E-state index contributed by atoms with van der Waals surface area (Å²) in [6.07, 6.45) is 1.81. The average molecular weight is 404 g/mol. The lowest BCUT2D eigenvalue weighted by molar-refractivity contribution is -0.131. The van der Waals surface area contributed by atoms with Crippen LogP contribution < -0.4 is 10.5 Å². The molecule has 1 saturated heterocycles. The molecular formula is C18H18ClN5O2S. The Bertz CT molecular complexity index is 1030. The lowest BCUT2D eigenvalue weighted by atomic mass is 10.2. The van der Waals surface area contributed by atoms with Gasteiger partial charge in [-0.3, -0.25) is 14.2 Å². The molecule has 0 radical (unpaired) electrons. The monoisotopic (exact) mass is 403 g/mol. The molecule has 9 heteroatoms. The van der Waals surface area contributed by atoms with E-state index in [-0.39, 0.29) is 17.9 Å². The summed E-state index contributed by atoms with van der Waals surface area (Å²) in [5.74, 6) is 0.877. The minimum Gasteiger partial charge on any atom is -0.353 e. The third kappa shape index (κ3) is 3.81. The normalized spacial score (nSPS) is 14.7. The van der Waals surface area contributed by atoms with E-state index in [1.807, 2.05) is 22.4 Å². The number of aryl methyl sites for hydroxylation is 1. The highest BCUT2D eigenvalue weighted by Crippen LogP contribution is 2.17. The number of hydrogen-bond donors (Lipinski definition) is 0. The van der Waals surface area contributed by atoms with Gasteiger partial charge in [-0.05, 0) is 23.6 Å². The van der Waals surface area contributed by atoms with E-state index in [0.717, 1.165) is 10.6 Å². The number of rotatable bonds is 4. The molecule has 0 bridgehead atoms. The van der Waals surface area contributed by atoms with Crippen molar-refractivity contribution in [2.45, 2.75) is 13.0 Å². The molecule has 3 aromatic heterocycles. The Hall–Kier alpha value is -2.45. The van der Waals surface area contributed by atoms with Crippen LogP contribution in [0, 0.1) is 0 Å². The molecule has 0 aliphatic carbocycles. The highest BCUT2D eigenvalue weighted by Gasteiger charge is 2.22. The number of pyridine rings is 1. The number of carbonyl (C=O) groups excluding carboxylic acids is 1. The molecule has 1 aliphatic rings. The van der Waals surface area contributed by atoms with E-state index in [0.29, 0.717) is 43.3 Å². The van der Waals surface area contributed by atoms with E-state index in [1.165, 1.54) is 22.2 Å². The maximum Gasteiger partial charge on any atom is 0.262 e. The molecule has 0 atom stereocenters. The highest BCUT2D eigenvalue weighted by atomic mass is 35.5. The molecule has 1 fully saturated rings. The van der Waals surface area contributed by atoms with Crippen molar-refractivity contribution < 1.29 is 4.79 Å². The predicted molar refractivity (Wildman–Crippen MR) is 107 cm³/mol. The summed E-state index contributed by atoms with van der Waals surface area (Å²) in [6, 6.07) is 7.31. The lowest BCUT2D eigenvalue weighted by Crippen LogP contribution is -2.49. The zero-order valence-corrected chi connectivity index (χ0v) is 16.1. The number of piperazine rings is 1. The maximum absolute atomic E-state index is 12.5. The van der Waals surface area contributed by atoms with E-state index in [9.17, 15) is 9.59 Å². The molecular weight excluding hydrogens is 386 g/mol. The third-order valence-corrected chi connectivity index (χ3v) is 5.71. The summed E-state index contributed by atoms with van der Waals surface area (Å²) in [7, 11) is 0. The molecule has 0 unspecified atom stereocenters. The van der Waals surface area contributed by atoms with Gasteiger partial charge in [0.25, 0.3) is 5.56 Å². The van der Waals surface area contributed by atoms with Crippen molar-refractivity contribution in [3.8, 4) is 0 Å². The molecule has 140 valence electrons. The molecule has 0 spiro atoms. The summed E-state index contributed by atoms with van der Waals surface area (Å²) < 4.78 is 1.51. The lowest BCUT2D eigenvalue weighted by Gasteiger charge is -2.35. The molecule has 4 rings (SSSR count). The molecule has 1 aliphatic heterocycles. The molecule has 27 heavy (non-hydrogen) atoms. The highest BCUT2D eigenvalue weighted by molar-refractivity contribution is 7.16. The van der Waals surface area contributed by atoms with Crippen molar-refractivity contribution in [3.05, 3.63) is 51.5 Å². The van der Waals surface area contributed by atoms with Crippen LogP contribution in [0.2, 0.25) is 5.15 Å². The first-order valence-electron chi connectivity index (χ1n) is 8.70. The molecule has 4 heterocycles. The zero-order chi connectivity index (χ0) is 18.8. The van der Waals surface area contributed by atoms with Gasteiger partial charge in [-0.15, -0.1) is 11.3 Å². The maximum atomic E-state index is 12.5. The Kier molecular flexibility index (Phi) is 5.09. The first-order valence-corrected chi connectivity index (χ1v) is 9.95. The Balaban J connectivity index is 1.34. The van der Waals surface area contributed by atoms with Gasteiger partial charge in [0.1, 0.15) is 15.8 Å². The first kappa shape index (κ1) is 17.9. The summed E-state index contributed by atoms with van der Waals surface area (Å²) in [6.45, 7) is 3.02. The smallest absolute Gasteiger partial charge is 0.262 e.